The Bertz CT molecular complexity index is 571. The summed E-state index contributed by atoms with van der Waals surface area (Å²) in [5.74, 6) is 0.332. The molecule has 0 amide bonds. The fourth-order valence-corrected chi connectivity index (χ4v) is 2.79. The van der Waals surface area contributed by atoms with Gasteiger partial charge in [-0.15, -0.1) is 0 Å². The van der Waals surface area contributed by atoms with Gasteiger partial charge >= 0.3 is 0 Å². The van der Waals surface area contributed by atoms with Crippen LogP contribution in [0.15, 0.2) is 24.3 Å². The van der Waals surface area contributed by atoms with Gasteiger partial charge in [-0.3, -0.25) is 4.90 Å². The zero-order valence-corrected chi connectivity index (χ0v) is 11.3. The van der Waals surface area contributed by atoms with E-state index < -0.39 is 0 Å². The van der Waals surface area contributed by atoms with Gasteiger partial charge in [-0.25, -0.2) is 0 Å². The number of hydrogen-bond acceptors (Lipinski definition) is 3. The summed E-state index contributed by atoms with van der Waals surface area (Å²) >= 11 is 0. The zero-order valence-electron chi connectivity index (χ0n) is 11.3. The van der Waals surface area contributed by atoms with Gasteiger partial charge in [-0.05, 0) is 25.1 Å². The molecule has 1 N–H and O–H groups in total. The van der Waals surface area contributed by atoms with Crippen molar-refractivity contribution >= 4 is 10.9 Å². The maximum absolute atomic E-state index is 9.64. The van der Waals surface area contributed by atoms with Crippen LogP contribution in [0.25, 0.3) is 10.9 Å². The third-order valence-corrected chi connectivity index (χ3v) is 3.78. The summed E-state index contributed by atoms with van der Waals surface area (Å²) in [6.45, 7) is 7.67. The van der Waals surface area contributed by atoms with Crippen LogP contribution in [0.2, 0.25) is 0 Å². The van der Waals surface area contributed by atoms with Crippen LogP contribution in [-0.4, -0.2) is 40.9 Å². The highest BCUT2D eigenvalue weighted by Gasteiger charge is 2.14. The third-order valence-electron chi connectivity index (χ3n) is 3.78. The Balaban J connectivity index is 1.93. The molecular weight excluding hydrogens is 240 g/mol. The fraction of sp³-hybridized carbons (Fsp3) is 0.467. The number of rotatable bonds is 3. The average Bonchev–Trinajstić information content (AvgIpc) is 2.76. The maximum atomic E-state index is 9.64. The molecule has 0 saturated carbocycles. The van der Waals surface area contributed by atoms with Crippen molar-refractivity contribution < 1.29 is 9.84 Å². The molecule has 102 valence electrons. The summed E-state index contributed by atoms with van der Waals surface area (Å²) in [7, 11) is 0. The van der Waals surface area contributed by atoms with Crippen LogP contribution in [0.3, 0.4) is 0 Å². The van der Waals surface area contributed by atoms with Crippen LogP contribution in [-0.2, 0) is 17.8 Å². The SMILES string of the molecule is CCn1c(CN2CCOCC2)cc2ccc(O)cc21. The summed E-state index contributed by atoms with van der Waals surface area (Å²) in [5.41, 5.74) is 2.43. The molecule has 1 fully saturated rings. The Morgan fingerprint density at radius 3 is 2.74 bits per heavy atom. The average molecular weight is 260 g/mol. The lowest BCUT2D eigenvalue weighted by atomic mass is 10.2. The van der Waals surface area contributed by atoms with E-state index in [1.165, 1.54) is 11.1 Å². The molecule has 2 heterocycles. The van der Waals surface area contributed by atoms with Crippen molar-refractivity contribution in [1.29, 1.82) is 0 Å². The predicted molar refractivity (Wildman–Crippen MR) is 75.4 cm³/mol. The smallest absolute Gasteiger partial charge is 0.117 e. The molecule has 1 aliphatic rings. The van der Waals surface area contributed by atoms with Gasteiger partial charge in [0.1, 0.15) is 5.75 Å². The fourth-order valence-electron chi connectivity index (χ4n) is 2.79. The maximum Gasteiger partial charge on any atom is 0.117 e. The van der Waals surface area contributed by atoms with Gasteiger partial charge in [0.05, 0.1) is 18.7 Å². The number of hydrogen-bond donors (Lipinski definition) is 1. The Morgan fingerprint density at radius 2 is 2.00 bits per heavy atom. The molecule has 0 radical (unpaired) electrons. The summed E-state index contributed by atoms with van der Waals surface area (Å²) in [6.07, 6.45) is 0. The number of benzene rings is 1. The van der Waals surface area contributed by atoms with Crippen LogP contribution in [0.1, 0.15) is 12.6 Å². The van der Waals surface area contributed by atoms with E-state index in [1.54, 1.807) is 6.07 Å². The third kappa shape index (κ3) is 2.46. The molecule has 2 aromatic rings. The van der Waals surface area contributed by atoms with Crippen LogP contribution in [0.4, 0.5) is 0 Å². The van der Waals surface area contributed by atoms with Gasteiger partial charge in [0.2, 0.25) is 0 Å². The predicted octanol–water partition coefficient (Wildman–Crippen LogP) is 2.20. The van der Waals surface area contributed by atoms with E-state index in [4.69, 9.17) is 4.74 Å². The first kappa shape index (κ1) is 12.5. The van der Waals surface area contributed by atoms with Crippen LogP contribution in [0, 0.1) is 0 Å². The van der Waals surface area contributed by atoms with Crippen molar-refractivity contribution in [3.8, 4) is 5.75 Å². The second-order valence-corrected chi connectivity index (χ2v) is 5.01. The lowest BCUT2D eigenvalue weighted by Crippen LogP contribution is -2.36. The molecular formula is C15H20N2O2. The lowest BCUT2D eigenvalue weighted by Gasteiger charge is -2.26. The van der Waals surface area contributed by atoms with Crippen LogP contribution >= 0.6 is 0 Å². The minimum Gasteiger partial charge on any atom is -0.508 e. The van der Waals surface area contributed by atoms with Crippen molar-refractivity contribution in [3.63, 3.8) is 0 Å². The molecule has 1 aromatic heterocycles. The highest BCUT2D eigenvalue weighted by atomic mass is 16.5. The zero-order chi connectivity index (χ0) is 13.2. The van der Waals surface area contributed by atoms with Crippen molar-refractivity contribution in [1.82, 2.24) is 9.47 Å². The first-order valence-electron chi connectivity index (χ1n) is 6.89. The minimum atomic E-state index is 0.332. The van der Waals surface area contributed by atoms with E-state index >= 15 is 0 Å². The first-order chi connectivity index (χ1) is 9.28. The molecule has 0 bridgehead atoms. The van der Waals surface area contributed by atoms with Gasteiger partial charge in [0.15, 0.2) is 0 Å². The van der Waals surface area contributed by atoms with E-state index in [0.717, 1.165) is 44.9 Å². The molecule has 0 atom stereocenters. The number of phenolic OH excluding ortho intramolecular Hbond substituents is 1. The number of aromatic hydroxyl groups is 1. The van der Waals surface area contributed by atoms with E-state index in [2.05, 4.69) is 22.5 Å². The molecule has 4 heteroatoms. The Labute approximate surface area is 113 Å². The van der Waals surface area contributed by atoms with E-state index in [9.17, 15) is 5.11 Å². The van der Waals surface area contributed by atoms with Gasteiger partial charge in [-0.2, -0.15) is 0 Å². The number of aryl methyl sites for hydroxylation is 1. The van der Waals surface area contributed by atoms with Crippen LogP contribution in [0.5, 0.6) is 5.75 Å². The topological polar surface area (TPSA) is 37.6 Å². The standard InChI is InChI=1S/C15H20N2O2/c1-2-17-13(11-16-5-7-19-8-6-16)9-12-3-4-14(18)10-15(12)17/h3-4,9-10,18H,2,5-8,11H2,1H3. The Kier molecular flexibility index (Phi) is 3.44. The highest BCUT2D eigenvalue weighted by Crippen LogP contribution is 2.25. The largest absolute Gasteiger partial charge is 0.508 e. The highest BCUT2D eigenvalue weighted by molar-refractivity contribution is 5.82. The van der Waals surface area contributed by atoms with Gasteiger partial charge in [0, 0.05) is 43.3 Å². The minimum absolute atomic E-state index is 0.332. The Morgan fingerprint density at radius 1 is 1.21 bits per heavy atom. The molecule has 19 heavy (non-hydrogen) atoms. The van der Waals surface area contributed by atoms with Gasteiger partial charge in [-0.1, -0.05) is 0 Å². The van der Waals surface area contributed by atoms with Crippen molar-refractivity contribution in [3.05, 3.63) is 30.0 Å². The number of phenols is 1. The van der Waals surface area contributed by atoms with Crippen molar-refractivity contribution in [2.24, 2.45) is 0 Å². The molecule has 1 saturated heterocycles. The van der Waals surface area contributed by atoms with Crippen LogP contribution < -0.4 is 0 Å². The Hall–Kier alpha value is -1.52. The van der Waals surface area contributed by atoms with E-state index in [1.807, 2.05) is 12.1 Å². The first-order valence-corrected chi connectivity index (χ1v) is 6.89. The van der Waals surface area contributed by atoms with Crippen molar-refractivity contribution in [2.45, 2.75) is 20.0 Å². The molecule has 0 aliphatic carbocycles. The lowest BCUT2D eigenvalue weighted by molar-refractivity contribution is 0.0332. The summed E-state index contributed by atoms with van der Waals surface area (Å²) in [6, 6.07) is 7.82. The number of aromatic nitrogens is 1. The van der Waals surface area contributed by atoms with Gasteiger partial charge in [0.25, 0.3) is 0 Å². The van der Waals surface area contributed by atoms with E-state index in [0.29, 0.717) is 5.75 Å². The second-order valence-electron chi connectivity index (χ2n) is 5.01. The number of morpholine rings is 1. The number of nitrogens with zero attached hydrogens (tertiary/aromatic N) is 2. The molecule has 1 aromatic carbocycles. The molecule has 1 aliphatic heterocycles. The quantitative estimate of drug-likeness (QED) is 0.919. The monoisotopic (exact) mass is 260 g/mol. The molecule has 4 nitrogen and oxygen atoms in total. The van der Waals surface area contributed by atoms with E-state index in [-0.39, 0.29) is 0 Å². The molecule has 0 unspecified atom stereocenters. The normalized spacial score (nSPS) is 17.1. The van der Waals surface area contributed by atoms with Gasteiger partial charge < -0.3 is 14.4 Å². The summed E-state index contributed by atoms with van der Waals surface area (Å²) < 4.78 is 7.67. The molecule has 0 spiro atoms. The second kappa shape index (κ2) is 5.23. The number of ether oxygens (including phenoxy) is 1. The van der Waals surface area contributed by atoms with Crippen molar-refractivity contribution in [2.75, 3.05) is 26.3 Å². The number of fused-ring (bicyclic) bond motifs is 1. The molecule has 3 rings (SSSR count). The summed E-state index contributed by atoms with van der Waals surface area (Å²) in [4.78, 5) is 2.42. The summed E-state index contributed by atoms with van der Waals surface area (Å²) in [5, 5.41) is 10.8.